The monoisotopic (exact) mass is 493 g/mol. The molecule has 1 aliphatic carbocycles. The van der Waals surface area contributed by atoms with Crippen molar-refractivity contribution in [3.05, 3.63) is 59.9 Å². The van der Waals surface area contributed by atoms with E-state index in [1.807, 2.05) is 13.8 Å². The van der Waals surface area contributed by atoms with Gasteiger partial charge in [-0.25, -0.2) is 0 Å². The van der Waals surface area contributed by atoms with Gasteiger partial charge >= 0.3 is 0 Å². The van der Waals surface area contributed by atoms with Crippen LogP contribution in [0.3, 0.4) is 0 Å². The Hall–Kier alpha value is -3.33. The van der Waals surface area contributed by atoms with Crippen molar-refractivity contribution >= 4 is 35.0 Å². The lowest BCUT2D eigenvalue weighted by atomic mass is 9.95. The van der Waals surface area contributed by atoms with Crippen molar-refractivity contribution in [3.8, 4) is 5.75 Å². The van der Waals surface area contributed by atoms with E-state index in [0.717, 1.165) is 29.6 Å². The van der Waals surface area contributed by atoms with Crippen LogP contribution in [0.25, 0.3) is 0 Å². The maximum atomic E-state index is 12.9. The van der Waals surface area contributed by atoms with Crippen LogP contribution >= 0.6 is 11.8 Å². The molecular weight excluding hydrogens is 462 g/mol. The molecule has 3 aromatic rings. The maximum absolute atomic E-state index is 12.9. The van der Waals surface area contributed by atoms with Crippen molar-refractivity contribution in [3.63, 3.8) is 0 Å². The number of benzene rings is 2. The highest BCUT2D eigenvalue weighted by atomic mass is 32.2. The number of ether oxygens (including phenoxy) is 1. The number of para-hydroxylation sites is 1. The molecule has 0 atom stereocenters. The topological polar surface area (TPSA) is 98.1 Å². The number of thioether (sulfide) groups is 1. The van der Waals surface area contributed by atoms with Crippen LogP contribution in [0.1, 0.15) is 61.3 Å². The third-order valence-corrected chi connectivity index (χ3v) is 6.92. The number of nitrogens with one attached hydrogen (secondary N) is 2. The lowest BCUT2D eigenvalue weighted by Crippen LogP contribution is -2.20. The highest BCUT2D eigenvalue weighted by Crippen LogP contribution is 2.32. The molecule has 8 nitrogen and oxygen atoms in total. The van der Waals surface area contributed by atoms with Gasteiger partial charge in [-0.1, -0.05) is 43.2 Å². The van der Waals surface area contributed by atoms with E-state index in [1.165, 1.54) is 31.0 Å². The van der Waals surface area contributed by atoms with E-state index in [-0.39, 0.29) is 17.6 Å². The average molecular weight is 494 g/mol. The van der Waals surface area contributed by atoms with E-state index < -0.39 is 0 Å². The van der Waals surface area contributed by atoms with Gasteiger partial charge in [0, 0.05) is 11.7 Å². The fourth-order valence-electron chi connectivity index (χ4n) is 4.31. The highest BCUT2D eigenvalue weighted by Gasteiger charge is 2.22. The number of carbonyl (C=O) groups excluding carboxylic acids is 2. The fourth-order valence-corrected chi connectivity index (χ4v) is 5.17. The first-order chi connectivity index (χ1) is 17.0. The van der Waals surface area contributed by atoms with Gasteiger partial charge in [-0.3, -0.25) is 9.59 Å². The lowest BCUT2D eigenvalue weighted by Gasteiger charge is -2.24. The van der Waals surface area contributed by atoms with Crippen LogP contribution in [0.2, 0.25) is 0 Å². The van der Waals surface area contributed by atoms with E-state index in [4.69, 9.17) is 4.74 Å². The largest absolute Gasteiger partial charge is 0.494 e. The molecule has 1 fully saturated rings. The second-order valence-electron chi connectivity index (χ2n) is 8.49. The van der Waals surface area contributed by atoms with Crippen molar-refractivity contribution in [2.45, 2.75) is 57.1 Å². The summed E-state index contributed by atoms with van der Waals surface area (Å²) in [5.74, 6) is 1.30. The second kappa shape index (κ2) is 11.9. The van der Waals surface area contributed by atoms with Gasteiger partial charge in [-0.2, -0.15) is 0 Å². The quantitative estimate of drug-likeness (QED) is 0.384. The zero-order valence-electron chi connectivity index (χ0n) is 20.1. The number of nitrogens with zero attached hydrogens (tertiary/aromatic N) is 3. The summed E-state index contributed by atoms with van der Waals surface area (Å²) >= 11 is 1.38. The molecule has 0 aliphatic heterocycles. The Balaban J connectivity index is 1.38. The summed E-state index contributed by atoms with van der Waals surface area (Å²) in [6.45, 7) is 4.46. The summed E-state index contributed by atoms with van der Waals surface area (Å²) < 4.78 is 7.62. The first-order valence-electron chi connectivity index (χ1n) is 12.0. The summed E-state index contributed by atoms with van der Waals surface area (Å²) in [5, 5.41) is 15.1. The van der Waals surface area contributed by atoms with Gasteiger partial charge in [-0.15, -0.1) is 10.2 Å². The second-order valence-corrected chi connectivity index (χ2v) is 9.43. The minimum Gasteiger partial charge on any atom is -0.494 e. The van der Waals surface area contributed by atoms with Gasteiger partial charge in [0.15, 0.2) is 5.16 Å². The fraction of sp³-hybridized carbons (Fsp3) is 0.385. The van der Waals surface area contributed by atoms with Crippen molar-refractivity contribution in [1.29, 1.82) is 0 Å². The van der Waals surface area contributed by atoms with E-state index in [0.29, 0.717) is 29.6 Å². The van der Waals surface area contributed by atoms with Crippen LogP contribution in [-0.4, -0.2) is 38.9 Å². The molecule has 2 N–H and O–H groups in total. The molecule has 0 unspecified atom stereocenters. The summed E-state index contributed by atoms with van der Waals surface area (Å²) in [6.07, 6.45) is 5.93. The number of aryl methyl sites for hydroxylation is 1. The Morgan fingerprint density at radius 1 is 1.03 bits per heavy atom. The van der Waals surface area contributed by atoms with Crippen molar-refractivity contribution in [2.75, 3.05) is 23.0 Å². The van der Waals surface area contributed by atoms with Gasteiger partial charge in [0.05, 0.1) is 23.6 Å². The molecule has 35 heavy (non-hydrogen) atoms. The third-order valence-electron chi connectivity index (χ3n) is 5.98. The highest BCUT2D eigenvalue weighted by molar-refractivity contribution is 7.99. The molecule has 0 radical (unpaired) electrons. The predicted octanol–water partition coefficient (Wildman–Crippen LogP) is 5.47. The van der Waals surface area contributed by atoms with Crippen molar-refractivity contribution in [2.24, 2.45) is 0 Å². The smallest absolute Gasteiger partial charge is 0.257 e. The van der Waals surface area contributed by atoms with Gasteiger partial charge < -0.3 is 19.9 Å². The SMILES string of the molecule is CCOc1ccc(NC(=O)c2ccccc2NC(=O)CSc2nnc(C)n2C2CCCCC2)cc1. The minimum absolute atomic E-state index is 0.180. The normalized spacial score (nSPS) is 13.9. The van der Waals surface area contributed by atoms with Gasteiger partial charge in [0.25, 0.3) is 5.91 Å². The molecule has 0 saturated heterocycles. The maximum Gasteiger partial charge on any atom is 0.257 e. The van der Waals surface area contributed by atoms with Crippen LogP contribution in [0.5, 0.6) is 5.75 Å². The first kappa shape index (κ1) is 24.8. The molecule has 9 heteroatoms. The number of carbonyl (C=O) groups is 2. The average Bonchev–Trinajstić information content (AvgIpc) is 3.25. The molecule has 0 bridgehead atoms. The zero-order valence-corrected chi connectivity index (χ0v) is 20.9. The summed E-state index contributed by atoms with van der Waals surface area (Å²) in [5.41, 5.74) is 1.50. The molecule has 1 aromatic heterocycles. The Labute approximate surface area is 209 Å². The molecule has 1 heterocycles. The summed E-state index contributed by atoms with van der Waals surface area (Å²) in [4.78, 5) is 25.7. The molecule has 2 amide bonds. The van der Waals surface area contributed by atoms with E-state index in [9.17, 15) is 9.59 Å². The first-order valence-corrected chi connectivity index (χ1v) is 13.0. The molecule has 0 spiro atoms. The summed E-state index contributed by atoms with van der Waals surface area (Å²) in [6, 6.07) is 14.6. The lowest BCUT2D eigenvalue weighted by molar-refractivity contribution is -0.113. The van der Waals surface area contributed by atoms with Crippen LogP contribution in [0, 0.1) is 6.92 Å². The number of rotatable bonds is 9. The number of amides is 2. The number of aromatic nitrogens is 3. The van der Waals surface area contributed by atoms with Crippen molar-refractivity contribution in [1.82, 2.24) is 14.8 Å². The van der Waals surface area contributed by atoms with Gasteiger partial charge in [0.2, 0.25) is 5.91 Å². The van der Waals surface area contributed by atoms with Crippen molar-refractivity contribution < 1.29 is 14.3 Å². The molecular formula is C26H31N5O3S. The Morgan fingerprint density at radius 3 is 2.51 bits per heavy atom. The van der Waals surface area contributed by atoms with Crippen LogP contribution in [0.15, 0.2) is 53.7 Å². The van der Waals surface area contributed by atoms with E-state index in [2.05, 4.69) is 25.4 Å². The zero-order chi connectivity index (χ0) is 24.6. The van der Waals surface area contributed by atoms with Gasteiger partial charge in [-0.05, 0) is 63.1 Å². The van der Waals surface area contributed by atoms with Crippen LogP contribution < -0.4 is 15.4 Å². The number of hydrogen-bond acceptors (Lipinski definition) is 6. The summed E-state index contributed by atoms with van der Waals surface area (Å²) in [7, 11) is 0. The molecule has 1 saturated carbocycles. The Morgan fingerprint density at radius 2 is 1.77 bits per heavy atom. The van der Waals surface area contributed by atoms with E-state index >= 15 is 0 Å². The van der Waals surface area contributed by atoms with Crippen LogP contribution in [0.4, 0.5) is 11.4 Å². The Bertz CT molecular complexity index is 1160. The third kappa shape index (κ3) is 6.42. The van der Waals surface area contributed by atoms with Crippen LogP contribution in [-0.2, 0) is 4.79 Å². The predicted molar refractivity (Wildman–Crippen MR) is 138 cm³/mol. The standard InChI is InChI=1S/C26H31N5O3S/c1-3-34-21-15-13-19(14-16-21)27-25(33)22-11-7-8-12-23(22)28-24(32)17-35-26-30-29-18(2)31(26)20-9-5-4-6-10-20/h7-8,11-16,20H,3-6,9-10,17H2,1-2H3,(H,27,33)(H,28,32). The minimum atomic E-state index is -0.301. The molecule has 4 rings (SSSR count). The van der Waals surface area contributed by atoms with E-state index in [1.54, 1.807) is 48.5 Å². The molecule has 184 valence electrons. The molecule has 2 aromatic carbocycles. The number of anilines is 2. The van der Waals surface area contributed by atoms with Gasteiger partial charge in [0.1, 0.15) is 11.6 Å². The number of hydrogen-bond donors (Lipinski definition) is 2. The Kier molecular flexibility index (Phi) is 8.41. The molecule has 1 aliphatic rings.